The van der Waals surface area contributed by atoms with Crippen LogP contribution in [0.2, 0.25) is 0 Å². The van der Waals surface area contributed by atoms with Gasteiger partial charge in [0.05, 0.1) is 7.11 Å². The molecule has 0 atom stereocenters. The first-order valence-corrected chi connectivity index (χ1v) is 5.00. The summed E-state index contributed by atoms with van der Waals surface area (Å²) in [5.41, 5.74) is 0. The molecule has 1 aromatic heterocycles. The fourth-order valence-electron chi connectivity index (χ4n) is 1.53. The first-order chi connectivity index (χ1) is 6.33. The predicted octanol–water partition coefficient (Wildman–Crippen LogP) is 1.17. The molecular weight excluding hydrogens is 230 g/mol. The summed E-state index contributed by atoms with van der Waals surface area (Å²) in [5, 5.41) is 2.32. The van der Waals surface area contributed by atoms with Crippen molar-refractivity contribution in [3.05, 3.63) is 22.7 Å². The normalized spacial score (nSPS) is 14.8. The van der Waals surface area contributed by atoms with Gasteiger partial charge in [0.15, 0.2) is 0 Å². The number of aromatic nitrogens is 1. The molecule has 0 saturated heterocycles. The zero-order valence-electron chi connectivity index (χ0n) is 7.38. The topological polar surface area (TPSA) is 22.1 Å². The predicted molar refractivity (Wildman–Crippen MR) is 56.1 cm³/mol. The van der Waals surface area contributed by atoms with Crippen LogP contribution >= 0.6 is 15.9 Å². The lowest BCUT2D eigenvalue weighted by atomic mass is 10.1. The van der Waals surface area contributed by atoms with Gasteiger partial charge >= 0.3 is 0 Å². The van der Waals surface area contributed by atoms with Gasteiger partial charge in [-0.3, -0.25) is 0 Å². The van der Waals surface area contributed by atoms with Gasteiger partial charge in [-0.05, 0) is 24.1 Å². The molecule has 68 valence electrons. The molecule has 13 heavy (non-hydrogen) atoms. The molecule has 1 heterocycles. The lowest BCUT2D eigenvalue weighted by Gasteiger charge is -2.06. The van der Waals surface area contributed by atoms with Crippen LogP contribution in [0.4, 0.5) is 0 Å². The van der Waals surface area contributed by atoms with Crippen molar-refractivity contribution in [3.8, 4) is 5.88 Å². The lowest BCUT2D eigenvalue weighted by Crippen LogP contribution is -2.30. The third-order valence-electron chi connectivity index (χ3n) is 2.15. The summed E-state index contributed by atoms with van der Waals surface area (Å²) in [5.74, 6) is 0.717. The highest BCUT2D eigenvalue weighted by molar-refractivity contribution is 9.14. The Kier molecular flexibility index (Phi) is 2.36. The summed E-state index contributed by atoms with van der Waals surface area (Å²) in [4.78, 5) is 4.16. The fraction of sp³-hybridized carbons (Fsp3) is 0.300. The van der Waals surface area contributed by atoms with Gasteiger partial charge in [-0.1, -0.05) is 22.0 Å². The highest BCUT2D eigenvalue weighted by Crippen LogP contribution is 2.14. The van der Waals surface area contributed by atoms with Crippen LogP contribution in [0.25, 0.3) is 10.6 Å². The molecule has 0 aromatic carbocycles. The first kappa shape index (κ1) is 8.75. The quantitative estimate of drug-likeness (QED) is 0.735. The molecule has 0 fully saturated rings. The molecule has 0 N–H and O–H groups in total. The molecule has 0 radical (unpaired) electrons. The van der Waals surface area contributed by atoms with Gasteiger partial charge < -0.3 is 4.74 Å². The molecule has 0 unspecified atom stereocenters. The minimum Gasteiger partial charge on any atom is -0.481 e. The van der Waals surface area contributed by atoms with Crippen molar-refractivity contribution in [2.75, 3.05) is 7.11 Å². The number of rotatable bonds is 1. The minimum absolute atomic E-state index is 0.717. The highest BCUT2D eigenvalue weighted by Gasteiger charge is 2.05. The van der Waals surface area contributed by atoms with E-state index in [0.717, 1.165) is 18.1 Å². The molecule has 0 bridgehead atoms. The van der Waals surface area contributed by atoms with Crippen molar-refractivity contribution < 1.29 is 4.74 Å². The molecule has 2 rings (SSSR count). The Balaban J connectivity index is 2.84. The van der Waals surface area contributed by atoms with Crippen LogP contribution in [-0.2, 0) is 0 Å². The zero-order valence-corrected chi connectivity index (χ0v) is 8.97. The van der Waals surface area contributed by atoms with Gasteiger partial charge in [-0.15, -0.1) is 0 Å². The Labute approximate surface area is 85.1 Å². The largest absolute Gasteiger partial charge is 0.481 e. The van der Waals surface area contributed by atoms with Gasteiger partial charge in [0.25, 0.3) is 0 Å². The number of nitrogens with zero attached hydrogens (tertiary/aromatic N) is 1. The van der Waals surface area contributed by atoms with Gasteiger partial charge in [-0.25, -0.2) is 4.98 Å². The third-order valence-corrected chi connectivity index (χ3v) is 2.98. The number of hydrogen-bond donors (Lipinski definition) is 0. The van der Waals surface area contributed by atoms with Crippen molar-refractivity contribution in [3.63, 3.8) is 0 Å². The Bertz CT molecular complexity index is 439. The summed E-state index contributed by atoms with van der Waals surface area (Å²) in [7, 11) is 1.65. The monoisotopic (exact) mass is 239 g/mol. The molecular formula is C10H10BrNO. The van der Waals surface area contributed by atoms with Crippen LogP contribution in [-0.4, -0.2) is 12.1 Å². The second-order valence-corrected chi connectivity index (χ2v) is 3.89. The van der Waals surface area contributed by atoms with Gasteiger partial charge in [0, 0.05) is 15.9 Å². The molecule has 0 saturated carbocycles. The molecule has 0 aliphatic heterocycles. The Hall–Kier alpha value is -0.830. The maximum Gasteiger partial charge on any atom is 0.220 e. The molecule has 1 aromatic rings. The molecule has 0 spiro atoms. The van der Waals surface area contributed by atoms with E-state index in [2.05, 4.69) is 27.0 Å². The van der Waals surface area contributed by atoms with Gasteiger partial charge in [0.2, 0.25) is 5.88 Å². The van der Waals surface area contributed by atoms with E-state index in [1.165, 1.54) is 9.70 Å². The Morgan fingerprint density at radius 2 is 2.38 bits per heavy atom. The van der Waals surface area contributed by atoms with Crippen LogP contribution in [0.15, 0.2) is 12.3 Å². The summed E-state index contributed by atoms with van der Waals surface area (Å²) < 4.78 is 6.43. The van der Waals surface area contributed by atoms with E-state index in [0.29, 0.717) is 5.88 Å². The van der Waals surface area contributed by atoms with Gasteiger partial charge in [0.1, 0.15) is 0 Å². The first-order valence-electron chi connectivity index (χ1n) is 4.21. The van der Waals surface area contributed by atoms with Gasteiger partial charge in [-0.2, -0.15) is 0 Å². The van der Waals surface area contributed by atoms with E-state index in [1.54, 1.807) is 13.3 Å². The molecule has 1 aliphatic carbocycles. The van der Waals surface area contributed by atoms with E-state index >= 15 is 0 Å². The number of fused-ring (bicyclic) bond motifs is 1. The maximum absolute atomic E-state index is 5.18. The number of hydrogen-bond acceptors (Lipinski definition) is 2. The van der Waals surface area contributed by atoms with Crippen molar-refractivity contribution in [2.24, 2.45) is 0 Å². The van der Waals surface area contributed by atoms with Crippen molar-refractivity contribution in [1.29, 1.82) is 0 Å². The standard InChI is InChI=1S/C10H10BrNO/c1-13-10-8-3-2-4-9(11)7(8)5-6-12-10/h3,5-6H,2,4H2,1H3. The molecule has 0 amide bonds. The minimum atomic E-state index is 0.717. The fourth-order valence-corrected chi connectivity index (χ4v) is 2.10. The lowest BCUT2D eigenvalue weighted by molar-refractivity contribution is 0.393. The number of halogens is 1. The molecule has 3 heteroatoms. The highest BCUT2D eigenvalue weighted by atomic mass is 79.9. The summed E-state index contributed by atoms with van der Waals surface area (Å²) in [6.07, 6.45) is 6.07. The second-order valence-electron chi connectivity index (χ2n) is 2.93. The second kappa shape index (κ2) is 3.50. The van der Waals surface area contributed by atoms with Crippen LogP contribution in [0.5, 0.6) is 5.88 Å². The smallest absolute Gasteiger partial charge is 0.220 e. The maximum atomic E-state index is 5.18. The summed E-state index contributed by atoms with van der Waals surface area (Å²) in [6, 6.07) is 2.01. The SMILES string of the molecule is COc1nccc2c1=CCCC=2Br. The Morgan fingerprint density at radius 1 is 1.54 bits per heavy atom. The summed E-state index contributed by atoms with van der Waals surface area (Å²) >= 11 is 3.56. The van der Waals surface area contributed by atoms with Crippen LogP contribution in [0.1, 0.15) is 12.8 Å². The van der Waals surface area contributed by atoms with Crippen LogP contribution in [0, 0.1) is 0 Å². The zero-order chi connectivity index (χ0) is 9.26. The van der Waals surface area contributed by atoms with E-state index in [-0.39, 0.29) is 0 Å². The van der Waals surface area contributed by atoms with Crippen LogP contribution < -0.4 is 15.2 Å². The van der Waals surface area contributed by atoms with Crippen LogP contribution in [0.3, 0.4) is 0 Å². The average molecular weight is 240 g/mol. The van der Waals surface area contributed by atoms with Crippen molar-refractivity contribution >= 4 is 26.5 Å². The Morgan fingerprint density at radius 3 is 3.15 bits per heavy atom. The van der Waals surface area contributed by atoms with E-state index in [1.807, 2.05) is 6.07 Å². The van der Waals surface area contributed by atoms with Crippen molar-refractivity contribution in [2.45, 2.75) is 12.8 Å². The van der Waals surface area contributed by atoms with E-state index in [4.69, 9.17) is 4.74 Å². The van der Waals surface area contributed by atoms with E-state index in [9.17, 15) is 0 Å². The summed E-state index contributed by atoms with van der Waals surface area (Å²) in [6.45, 7) is 0. The molecule has 2 nitrogen and oxygen atoms in total. The van der Waals surface area contributed by atoms with E-state index < -0.39 is 0 Å². The van der Waals surface area contributed by atoms with Crippen molar-refractivity contribution in [1.82, 2.24) is 4.98 Å². The number of methoxy groups -OCH3 is 1. The number of ether oxygens (including phenoxy) is 1. The number of pyridine rings is 1. The molecule has 1 aliphatic rings. The third kappa shape index (κ3) is 1.48. The average Bonchev–Trinajstić information content (AvgIpc) is 2.18.